The van der Waals surface area contributed by atoms with E-state index in [0.29, 0.717) is 13.0 Å². The van der Waals surface area contributed by atoms with Crippen molar-refractivity contribution in [3.8, 4) is 0 Å². The van der Waals surface area contributed by atoms with Crippen LogP contribution in [-0.2, 0) is 23.9 Å². The van der Waals surface area contributed by atoms with Crippen molar-refractivity contribution in [2.45, 2.75) is 19.4 Å². The number of anilines is 1. The third-order valence-electron chi connectivity index (χ3n) is 4.04. The Labute approximate surface area is 141 Å². The first-order valence-corrected chi connectivity index (χ1v) is 7.73. The van der Waals surface area contributed by atoms with E-state index in [9.17, 15) is 14.4 Å². The number of hydrogen-bond donors (Lipinski definition) is 0. The number of para-hydroxylation sites is 1. The SMILES string of the molecule is COC1CCN(C(=O)COC(C)=O)CC(=O)N(C)c2ccccc21. The average Bonchev–Trinajstić information content (AvgIpc) is 2.62. The molecule has 24 heavy (non-hydrogen) atoms. The van der Waals surface area contributed by atoms with Crippen molar-refractivity contribution in [2.75, 3.05) is 38.8 Å². The van der Waals surface area contributed by atoms with Crippen molar-refractivity contribution in [1.82, 2.24) is 4.90 Å². The zero-order chi connectivity index (χ0) is 17.7. The molecule has 1 aliphatic heterocycles. The van der Waals surface area contributed by atoms with Gasteiger partial charge in [0, 0.05) is 38.9 Å². The van der Waals surface area contributed by atoms with E-state index >= 15 is 0 Å². The van der Waals surface area contributed by atoms with E-state index in [-0.39, 0.29) is 25.2 Å². The molecule has 1 aromatic carbocycles. The molecule has 1 aromatic rings. The lowest BCUT2D eigenvalue weighted by Gasteiger charge is -2.24. The van der Waals surface area contributed by atoms with Crippen LogP contribution >= 0.6 is 0 Å². The number of hydrogen-bond acceptors (Lipinski definition) is 5. The van der Waals surface area contributed by atoms with Gasteiger partial charge in [0.05, 0.1) is 6.10 Å². The number of likely N-dealkylation sites (N-methyl/N-ethyl adjacent to an activating group) is 1. The summed E-state index contributed by atoms with van der Waals surface area (Å²) in [5.74, 6) is -1.14. The normalized spacial score (nSPS) is 18.3. The van der Waals surface area contributed by atoms with Gasteiger partial charge in [-0.2, -0.15) is 0 Å². The molecular weight excluding hydrogens is 312 g/mol. The third-order valence-corrected chi connectivity index (χ3v) is 4.04. The number of nitrogens with zero attached hydrogens (tertiary/aromatic N) is 2. The highest BCUT2D eigenvalue weighted by Gasteiger charge is 2.27. The van der Waals surface area contributed by atoms with E-state index in [1.807, 2.05) is 24.3 Å². The van der Waals surface area contributed by atoms with Crippen LogP contribution in [0.5, 0.6) is 0 Å². The molecule has 0 spiro atoms. The maximum atomic E-state index is 12.5. The van der Waals surface area contributed by atoms with Crippen molar-refractivity contribution in [3.63, 3.8) is 0 Å². The summed E-state index contributed by atoms with van der Waals surface area (Å²) in [5, 5.41) is 0. The first kappa shape index (κ1) is 17.9. The third kappa shape index (κ3) is 4.11. The molecule has 130 valence electrons. The molecule has 7 heteroatoms. The van der Waals surface area contributed by atoms with Crippen molar-refractivity contribution in [3.05, 3.63) is 29.8 Å². The molecule has 2 amide bonds. The van der Waals surface area contributed by atoms with Crippen LogP contribution in [0, 0.1) is 0 Å². The molecule has 0 fully saturated rings. The van der Waals surface area contributed by atoms with Gasteiger partial charge in [-0.25, -0.2) is 0 Å². The number of ether oxygens (including phenoxy) is 2. The van der Waals surface area contributed by atoms with Crippen LogP contribution in [0.4, 0.5) is 5.69 Å². The highest BCUT2D eigenvalue weighted by Crippen LogP contribution is 2.31. The Morgan fingerprint density at radius 1 is 1.29 bits per heavy atom. The maximum Gasteiger partial charge on any atom is 0.303 e. The maximum absolute atomic E-state index is 12.5. The van der Waals surface area contributed by atoms with Gasteiger partial charge in [-0.05, 0) is 12.5 Å². The Balaban J connectivity index is 2.25. The van der Waals surface area contributed by atoms with Crippen molar-refractivity contribution in [1.29, 1.82) is 0 Å². The van der Waals surface area contributed by atoms with Gasteiger partial charge in [-0.3, -0.25) is 14.4 Å². The van der Waals surface area contributed by atoms with E-state index in [4.69, 9.17) is 9.47 Å². The van der Waals surface area contributed by atoms with Crippen LogP contribution in [-0.4, -0.2) is 56.5 Å². The van der Waals surface area contributed by atoms with Gasteiger partial charge in [0.15, 0.2) is 6.61 Å². The molecule has 0 saturated heterocycles. The number of methoxy groups -OCH3 is 1. The van der Waals surface area contributed by atoms with E-state index in [1.54, 1.807) is 14.2 Å². The molecule has 2 rings (SSSR count). The first-order valence-electron chi connectivity index (χ1n) is 7.73. The summed E-state index contributed by atoms with van der Waals surface area (Å²) in [6.45, 7) is 1.15. The van der Waals surface area contributed by atoms with Crippen LogP contribution in [0.2, 0.25) is 0 Å². The van der Waals surface area contributed by atoms with Crippen LogP contribution in [0.3, 0.4) is 0 Å². The molecule has 0 N–H and O–H groups in total. The first-order chi connectivity index (χ1) is 11.4. The zero-order valence-electron chi connectivity index (χ0n) is 14.2. The fourth-order valence-electron chi connectivity index (χ4n) is 2.69. The predicted octanol–water partition coefficient (Wildman–Crippen LogP) is 1.13. The topological polar surface area (TPSA) is 76.1 Å². The van der Waals surface area contributed by atoms with E-state index in [1.165, 1.54) is 16.7 Å². The fourth-order valence-corrected chi connectivity index (χ4v) is 2.69. The Morgan fingerprint density at radius 2 is 2.00 bits per heavy atom. The lowest BCUT2D eigenvalue weighted by Crippen LogP contribution is -2.43. The second-order valence-electron chi connectivity index (χ2n) is 5.62. The summed E-state index contributed by atoms with van der Waals surface area (Å²) in [5.41, 5.74) is 1.67. The highest BCUT2D eigenvalue weighted by molar-refractivity contribution is 5.97. The van der Waals surface area contributed by atoms with Gasteiger partial charge < -0.3 is 19.3 Å². The average molecular weight is 334 g/mol. The van der Waals surface area contributed by atoms with Crippen molar-refractivity contribution >= 4 is 23.5 Å². The molecule has 1 aliphatic rings. The number of fused-ring (bicyclic) bond motifs is 1. The number of carbonyl (C=O) groups is 3. The Morgan fingerprint density at radius 3 is 2.67 bits per heavy atom. The van der Waals surface area contributed by atoms with Gasteiger partial charge in [0.2, 0.25) is 5.91 Å². The van der Waals surface area contributed by atoms with Crippen LogP contribution in [0.15, 0.2) is 24.3 Å². The van der Waals surface area contributed by atoms with E-state index < -0.39 is 11.9 Å². The second kappa shape index (κ2) is 7.92. The lowest BCUT2D eigenvalue weighted by atomic mass is 10.0. The summed E-state index contributed by atoms with van der Waals surface area (Å²) < 4.78 is 10.3. The van der Waals surface area contributed by atoms with Crippen LogP contribution < -0.4 is 4.90 Å². The van der Waals surface area contributed by atoms with E-state index in [0.717, 1.165) is 11.3 Å². The molecule has 0 aromatic heterocycles. The Kier molecular flexibility index (Phi) is 5.92. The summed E-state index contributed by atoms with van der Waals surface area (Å²) in [6.07, 6.45) is 0.305. The van der Waals surface area contributed by atoms with Crippen molar-refractivity contribution in [2.24, 2.45) is 0 Å². The largest absolute Gasteiger partial charge is 0.456 e. The minimum Gasteiger partial charge on any atom is -0.456 e. The van der Waals surface area contributed by atoms with Crippen molar-refractivity contribution < 1.29 is 23.9 Å². The van der Waals surface area contributed by atoms with Gasteiger partial charge in [0.25, 0.3) is 5.91 Å². The number of amides is 2. The summed E-state index contributed by atoms with van der Waals surface area (Å²) >= 11 is 0. The van der Waals surface area contributed by atoms with Crippen LogP contribution in [0.25, 0.3) is 0 Å². The number of rotatable bonds is 3. The zero-order valence-corrected chi connectivity index (χ0v) is 14.2. The van der Waals surface area contributed by atoms with Gasteiger partial charge in [-0.1, -0.05) is 18.2 Å². The molecule has 0 bridgehead atoms. The molecule has 7 nitrogen and oxygen atoms in total. The predicted molar refractivity (Wildman–Crippen MR) is 87.4 cm³/mol. The summed E-state index contributed by atoms with van der Waals surface area (Å²) in [7, 11) is 3.28. The van der Waals surface area contributed by atoms with Gasteiger partial charge in [0.1, 0.15) is 6.54 Å². The molecule has 1 atom stereocenters. The lowest BCUT2D eigenvalue weighted by molar-refractivity contribution is -0.151. The van der Waals surface area contributed by atoms with Crippen LogP contribution in [0.1, 0.15) is 25.0 Å². The molecule has 1 heterocycles. The molecular formula is C17H22N2O5. The smallest absolute Gasteiger partial charge is 0.303 e. The van der Waals surface area contributed by atoms with E-state index in [2.05, 4.69) is 0 Å². The molecule has 1 unspecified atom stereocenters. The van der Waals surface area contributed by atoms with Gasteiger partial charge >= 0.3 is 5.97 Å². The highest BCUT2D eigenvalue weighted by atomic mass is 16.5. The second-order valence-corrected chi connectivity index (χ2v) is 5.62. The Bertz CT molecular complexity index is 631. The Hall–Kier alpha value is -2.41. The number of benzene rings is 1. The minimum absolute atomic E-state index is 0.0681. The number of esters is 1. The fraction of sp³-hybridized carbons (Fsp3) is 0.471. The molecule has 0 saturated carbocycles. The summed E-state index contributed by atoms with van der Waals surface area (Å²) in [6, 6.07) is 7.53. The molecule has 0 aliphatic carbocycles. The molecule has 0 radical (unpaired) electrons. The monoisotopic (exact) mass is 334 g/mol. The number of carbonyl (C=O) groups excluding carboxylic acids is 3. The van der Waals surface area contributed by atoms with Gasteiger partial charge in [-0.15, -0.1) is 0 Å². The summed E-state index contributed by atoms with van der Waals surface area (Å²) in [4.78, 5) is 38.6. The minimum atomic E-state index is -0.529. The standard InChI is InChI=1S/C17H22N2O5/c1-12(20)24-11-17(22)19-9-8-15(23-3)13-6-4-5-7-14(13)18(2)16(21)10-19/h4-7,15H,8-11H2,1-3H3. The quantitative estimate of drug-likeness (QED) is 0.775.